The van der Waals surface area contributed by atoms with Crippen LogP contribution in [0.25, 0.3) is 5.57 Å². The zero-order valence-electron chi connectivity index (χ0n) is 11.3. The fourth-order valence-electron chi connectivity index (χ4n) is 2.49. The molecule has 0 atom stereocenters. The van der Waals surface area contributed by atoms with Crippen LogP contribution in [0.2, 0.25) is 0 Å². The summed E-state index contributed by atoms with van der Waals surface area (Å²) in [5.41, 5.74) is 4.45. The first-order valence-corrected chi connectivity index (χ1v) is 6.81. The maximum atomic E-state index is 11.8. The van der Waals surface area contributed by atoms with Gasteiger partial charge in [0.2, 0.25) is 0 Å². The minimum Gasteiger partial charge on any atom is -0.348 e. The van der Waals surface area contributed by atoms with Crippen LogP contribution in [-0.4, -0.2) is 12.5 Å². The molecular formula is C16H21NO. The molecule has 0 aliphatic carbocycles. The number of rotatable bonds is 4. The summed E-state index contributed by atoms with van der Waals surface area (Å²) >= 11 is 0. The molecule has 2 nitrogen and oxygen atoms in total. The van der Waals surface area contributed by atoms with E-state index in [-0.39, 0.29) is 5.91 Å². The lowest BCUT2D eigenvalue weighted by Crippen LogP contribution is -2.31. The van der Waals surface area contributed by atoms with Crippen molar-refractivity contribution in [1.82, 2.24) is 5.32 Å². The van der Waals surface area contributed by atoms with E-state index < -0.39 is 0 Å². The predicted molar refractivity (Wildman–Crippen MR) is 75.6 cm³/mol. The van der Waals surface area contributed by atoms with Crippen LogP contribution in [0.1, 0.15) is 54.1 Å². The van der Waals surface area contributed by atoms with E-state index in [0.717, 1.165) is 17.5 Å². The molecule has 1 aromatic carbocycles. The summed E-state index contributed by atoms with van der Waals surface area (Å²) in [6.07, 6.45) is 7.15. The third-order valence-electron chi connectivity index (χ3n) is 3.48. The van der Waals surface area contributed by atoms with Crippen LogP contribution in [0.5, 0.6) is 0 Å². The maximum Gasteiger partial charge on any atom is 0.252 e. The van der Waals surface area contributed by atoms with Crippen molar-refractivity contribution < 1.29 is 4.79 Å². The number of carbonyl (C=O) groups is 1. The number of fused-ring (bicyclic) bond motifs is 1. The molecule has 0 radical (unpaired) electrons. The predicted octanol–water partition coefficient (Wildman–Crippen LogP) is 3.70. The molecule has 1 amide bonds. The Bertz CT molecular complexity index is 474. The smallest absolute Gasteiger partial charge is 0.252 e. The largest absolute Gasteiger partial charge is 0.348 e. The Morgan fingerprint density at radius 2 is 2.17 bits per heavy atom. The number of amides is 1. The zero-order chi connectivity index (χ0) is 13.0. The van der Waals surface area contributed by atoms with Crippen molar-refractivity contribution in [3.8, 4) is 0 Å². The highest BCUT2D eigenvalue weighted by Gasteiger charge is 2.21. The van der Waals surface area contributed by atoms with E-state index in [0.29, 0.717) is 6.54 Å². The van der Waals surface area contributed by atoms with Crippen molar-refractivity contribution in [3.63, 3.8) is 0 Å². The Morgan fingerprint density at radius 1 is 1.33 bits per heavy atom. The maximum absolute atomic E-state index is 11.8. The van der Waals surface area contributed by atoms with Crippen LogP contribution >= 0.6 is 0 Å². The quantitative estimate of drug-likeness (QED) is 0.803. The molecule has 0 saturated heterocycles. The van der Waals surface area contributed by atoms with Gasteiger partial charge < -0.3 is 5.32 Å². The third-order valence-corrected chi connectivity index (χ3v) is 3.48. The van der Waals surface area contributed by atoms with Crippen molar-refractivity contribution in [2.45, 2.75) is 39.5 Å². The minimum atomic E-state index is 0.0550. The van der Waals surface area contributed by atoms with Crippen molar-refractivity contribution in [2.75, 3.05) is 6.54 Å². The number of hydrogen-bond acceptors (Lipinski definition) is 1. The van der Waals surface area contributed by atoms with Crippen LogP contribution < -0.4 is 5.32 Å². The lowest BCUT2D eigenvalue weighted by molar-refractivity contribution is 0.0954. The number of aryl methyl sites for hydroxylation is 1. The molecule has 0 unspecified atom stereocenters. The molecule has 0 aromatic heterocycles. The number of benzene rings is 1. The Kier molecular flexibility index (Phi) is 4.19. The van der Waals surface area contributed by atoms with Gasteiger partial charge in [-0.1, -0.05) is 38.0 Å². The minimum absolute atomic E-state index is 0.0550. The zero-order valence-corrected chi connectivity index (χ0v) is 11.3. The topological polar surface area (TPSA) is 29.1 Å². The van der Waals surface area contributed by atoms with Gasteiger partial charge in [-0.25, -0.2) is 0 Å². The number of hydrogen-bond donors (Lipinski definition) is 1. The van der Waals surface area contributed by atoms with Crippen LogP contribution in [0.3, 0.4) is 0 Å². The third kappa shape index (κ3) is 2.63. The van der Waals surface area contributed by atoms with Gasteiger partial charge >= 0.3 is 0 Å². The highest BCUT2D eigenvalue weighted by Crippen LogP contribution is 2.27. The molecule has 1 heterocycles. The normalized spacial score (nSPS) is 16.6. The fraction of sp³-hybridized carbons (Fsp3) is 0.438. The SMILES string of the molecule is CCCCC/C=C1/CNC(=O)c2cccc(C)c21. The molecule has 1 N–H and O–H groups in total. The Balaban J connectivity index is 2.25. The summed E-state index contributed by atoms with van der Waals surface area (Å²) < 4.78 is 0. The monoisotopic (exact) mass is 243 g/mol. The van der Waals surface area contributed by atoms with Gasteiger partial charge in [0, 0.05) is 12.1 Å². The molecule has 2 heteroatoms. The molecule has 1 aromatic rings. The van der Waals surface area contributed by atoms with Gasteiger partial charge in [0.1, 0.15) is 0 Å². The molecule has 0 saturated carbocycles. The molecule has 2 rings (SSSR count). The van der Waals surface area contributed by atoms with E-state index >= 15 is 0 Å². The van der Waals surface area contributed by atoms with Crippen LogP contribution in [0.15, 0.2) is 24.3 Å². The molecule has 0 fully saturated rings. The molecule has 96 valence electrons. The first kappa shape index (κ1) is 12.9. The lowest BCUT2D eigenvalue weighted by Gasteiger charge is -2.21. The van der Waals surface area contributed by atoms with Gasteiger partial charge in [0.05, 0.1) is 0 Å². The average molecular weight is 243 g/mol. The molecule has 0 bridgehead atoms. The van der Waals surface area contributed by atoms with Crippen LogP contribution in [0, 0.1) is 6.92 Å². The van der Waals surface area contributed by atoms with Crippen molar-refractivity contribution in [2.24, 2.45) is 0 Å². The number of nitrogens with one attached hydrogen (secondary N) is 1. The van der Waals surface area contributed by atoms with E-state index in [1.54, 1.807) is 0 Å². The van der Waals surface area contributed by atoms with Crippen LogP contribution in [0.4, 0.5) is 0 Å². The highest BCUT2D eigenvalue weighted by molar-refractivity contribution is 6.03. The number of carbonyl (C=O) groups excluding carboxylic acids is 1. The molecule has 1 aliphatic heterocycles. The second kappa shape index (κ2) is 5.85. The van der Waals surface area contributed by atoms with Gasteiger partial charge in [-0.05, 0) is 42.5 Å². The molecule has 1 aliphatic rings. The van der Waals surface area contributed by atoms with E-state index in [4.69, 9.17) is 0 Å². The molecular weight excluding hydrogens is 222 g/mol. The van der Waals surface area contributed by atoms with Crippen molar-refractivity contribution in [1.29, 1.82) is 0 Å². The van der Waals surface area contributed by atoms with E-state index in [2.05, 4.69) is 31.3 Å². The first-order chi connectivity index (χ1) is 8.74. The van der Waals surface area contributed by atoms with E-state index in [1.165, 1.54) is 30.4 Å². The van der Waals surface area contributed by atoms with Gasteiger partial charge in [-0.2, -0.15) is 0 Å². The van der Waals surface area contributed by atoms with Gasteiger partial charge in [-0.15, -0.1) is 0 Å². The van der Waals surface area contributed by atoms with E-state index in [1.807, 2.05) is 12.1 Å². The summed E-state index contributed by atoms with van der Waals surface area (Å²) in [5, 5.41) is 2.95. The first-order valence-electron chi connectivity index (χ1n) is 6.81. The summed E-state index contributed by atoms with van der Waals surface area (Å²) in [7, 11) is 0. The van der Waals surface area contributed by atoms with Crippen LogP contribution in [-0.2, 0) is 0 Å². The van der Waals surface area contributed by atoms with Crippen molar-refractivity contribution >= 4 is 11.5 Å². The molecule has 0 spiro atoms. The standard InChI is InChI=1S/C16H21NO/c1-3-4-5-6-9-13-11-17-16(18)14-10-7-8-12(2)15(13)14/h7-10H,3-6,11H2,1-2H3,(H,17,18)/b13-9-. The number of allylic oxidation sites excluding steroid dienone is 1. The summed E-state index contributed by atoms with van der Waals surface area (Å²) in [4.78, 5) is 11.8. The number of unbranched alkanes of at least 4 members (excludes halogenated alkanes) is 3. The lowest BCUT2D eigenvalue weighted by atomic mass is 9.90. The second-order valence-corrected chi connectivity index (χ2v) is 4.91. The Hall–Kier alpha value is -1.57. The summed E-state index contributed by atoms with van der Waals surface area (Å²) in [5.74, 6) is 0.0550. The van der Waals surface area contributed by atoms with Gasteiger partial charge in [0.25, 0.3) is 5.91 Å². The van der Waals surface area contributed by atoms with Gasteiger partial charge in [-0.3, -0.25) is 4.79 Å². The summed E-state index contributed by atoms with van der Waals surface area (Å²) in [6.45, 7) is 4.97. The van der Waals surface area contributed by atoms with Gasteiger partial charge in [0.15, 0.2) is 0 Å². The fourth-order valence-corrected chi connectivity index (χ4v) is 2.49. The Morgan fingerprint density at radius 3 is 2.94 bits per heavy atom. The van der Waals surface area contributed by atoms with Crippen molar-refractivity contribution in [3.05, 3.63) is 41.0 Å². The Labute approximate surface area is 109 Å². The average Bonchev–Trinajstić information content (AvgIpc) is 2.38. The van der Waals surface area contributed by atoms with E-state index in [9.17, 15) is 4.79 Å². The summed E-state index contributed by atoms with van der Waals surface area (Å²) in [6, 6.07) is 5.95. The highest BCUT2D eigenvalue weighted by atomic mass is 16.1. The molecule has 18 heavy (non-hydrogen) atoms. The second-order valence-electron chi connectivity index (χ2n) is 4.91.